The second-order valence-corrected chi connectivity index (χ2v) is 9.91. The zero-order valence-corrected chi connectivity index (χ0v) is 22.7. The summed E-state index contributed by atoms with van der Waals surface area (Å²) in [6.45, 7) is 2.69. The highest BCUT2D eigenvalue weighted by molar-refractivity contribution is 5.81. The van der Waals surface area contributed by atoms with Crippen LogP contribution in [0.4, 0.5) is 0 Å². The van der Waals surface area contributed by atoms with Crippen molar-refractivity contribution in [1.82, 2.24) is 35.2 Å². The minimum absolute atomic E-state index is 0.0686. The van der Waals surface area contributed by atoms with E-state index in [2.05, 4.69) is 62.4 Å². The number of aromatic nitrogens is 8. The predicted octanol–water partition coefficient (Wildman–Crippen LogP) is 4.50. The van der Waals surface area contributed by atoms with Crippen molar-refractivity contribution in [3.8, 4) is 33.8 Å². The zero-order chi connectivity index (χ0) is 28.2. The number of tetrazole rings is 1. The lowest BCUT2D eigenvalue weighted by atomic mass is 9.98. The van der Waals surface area contributed by atoms with Gasteiger partial charge in [-0.25, -0.2) is 9.97 Å². The molecule has 6 rings (SSSR count). The second-order valence-electron chi connectivity index (χ2n) is 9.91. The minimum atomic E-state index is -0.0686. The van der Waals surface area contributed by atoms with Gasteiger partial charge in [0.25, 0.3) is 0 Å². The van der Waals surface area contributed by atoms with Crippen LogP contribution in [0, 0.1) is 5.21 Å². The molecule has 10 nitrogen and oxygen atoms in total. The third-order valence-corrected chi connectivity index (χ3v) is 7.20. The summed E-state index contributed by atoms with van der Waals surface area (Å²) in [5.41, 5.74) is 7.45. The van der Waals surface area contributed by atoms with Crippen molar-refractivity contribution >= 4 is 11.2 Å². The maximum Gasteiger partial charge on any atom is 0.225 e. The third kappa shape index (κ3) is 5.29. The zero-order valence-electron chi connectivity index (χ0n) is 22.7. The number of aryl methyl sites for hydroxylation is 1. The lowest BCUT2D eigenvalue weighted by Gasteiger charge is -2.12. The largest absolute Gasteiger partial charge is 0.618 e. The topological polar surface area (TPSA) is 132 Å². The van der Waals surface area contributed by atoms with E-state index in [0.29, 0.717) is 35.7 Å². The summed E-state index contributed by atoms with van der Waals surface area (Å²) in [4.78, 5) is 9.95. The van der Waals surface area contributed by atoms with Gasteiger partial charge in [0, 0.05) is 37.1 Å². The van der Waals surface area contributed by atoms with Gasteiger partial charge in [0.15, 0.2) is 11.8 Å². The molecule has 0 bridgehead atoms. The fourth-order valence-corrected chi connectivity index (χ4v) is 5.16. The van der Waals surface area contributed by atoms with Crippen molar-refractivity contribution in [2.24, 2.45) is 0 Å². The number of nitrogens with one attached hydrogen (secondary N) is 1. The first-order valence-electron chi connectivity index (χ1n) is 13.8. The second kappa shape index (κ2) is 11.6. The first-order valence-corrected chi connectivity index (χ1v) is 13.8. The minimum Gasteiger partial charge on any atom is -0.618 e. The van der Waals surface area contributed by atoms with E-state index in [-0.39, 0.29) is 6.61 Å². The number of imidazole rings is 1. The van der Waals surface area contributed by atoms with Crippen molar-refractivity contribution in [3.05, 3.63) is 101 Å². The standard InChI is InChI=1S/C31H30N8O2/c1-2-3-11-29-32-27-19-25(28-10-6-7-17-39(28)41)26(16-18-40)33-31(27)38(29)20-21-12-14-22(15-13-21)23-8-4-5-9-24(23)30-34-36-37-35-30/h4-10,12-15,17,19,40H,2-3,11,16,18,20H2,1H3,(H,34,35,36,37). The van der Waals surface area contributed by atoms with Crippen molar-refractivity contribution in [2.45, 2.75) is 39.2 Å². The highest BCUT2D eigenvalue weighted by Gasteiger charge is 2.20. The maximum atomic E-state index is 12.6. The molecule has 2 N–H and O–H groups in total. The highest BCUT2D eigenvalue weighted by Crippen LogP contribution is 2.31. The summed E-state index contributed by atoms with van der Waals surface area (Å²) < 4.78 is 2.99. The van der Waals surface area contributed by atoms with Crippen LogP contribution in [-0.2, 0) is 19.4 Å². The Balaban J connectivity index is 1.39. The number of aliphatic hydroxyl groups excluding tert-OH is 1. The van der Waals surface area contributed by atoms with E-state index in [0.717, 1.165) is 63.2 Å². The molecule has 0 fully saturated rings. The fraction of sp³-hybridized carbons (Fsp3) is 0.226. The van der Waals surface area contributed by atoms with E-state index in [1.54, 1.807) is 12.1 Å². The van der Waals surface area contributed by atoms with E-state index in [1.807, 2.05) is 30.3 Å². The number of pyridine rings is 2. The molecular weight excluding hydrogens is 516 g/mol. The number of fused-ring (bicyclic) bond motifs is 1. The van der Waals surface area contributed by atoms with Crippen molar-refractivity contribution < 1.29 is 9.84 Å². The lowest BCUT2D eigenvalue weighted by Crippen LogP contribution is -2.28. The molecule has 4 heterocycles. The van der Waals surface area contributed by atoms with Gasteiger partial charge in [-0.05, 0) is 40.5 Å². The van der Waals surface area contributed by atoms with Gasteiger partial charge < -0.3 is 14.9 Å². The Hall–Kier alpha value is -4.96. The lowest BCUT2D eigenvalue weighted by molar-refractivity contribution is -0.593. The van der Waals surface area contributed by atoms with Gasteiger partial charge in [-0.2, -0.15) is 9.94 Å². The highest BCUT2D eigenvalue weighted by atomic mass is 16.5. The summed E-state index contributed by atoms with van der Waals surface area (Å²) in [6.07, 6.45) is 4.68. The number of benzene rings is 2. The maximum absolute atomic E-state index is 12.6. The van der Waals surface area contributed by atoms with Gasteiger partial charge in [-0.3, -0.25) is 0 Å². The number of nitrogens with zero attached hydrogens (tertiary/aromatic N) is 7. The molecule has 0 radical (unpaired) electrons. The SMILES string of the molecule is CCCCc1nc2cc(-c3cccc[n+]3[O-])c(CCO)nc2n1Cc1ccc(-c2ccccc2-c2nn[nH]n2)cc1. The van der Waals surface area contributed by atoms with Gasteiger partial charge in [0.2, 0.25) is 11.5 Å². The molecule has 6 aromatic rings. The van der Waals surface area contributed by atoms with Gasteiger partial charge in [-0.1, -0.05) is 61.9 Å². The molecule has 0 saturated heterocycles. The summed E-state index contributed by atoms with van der Waals surface area (Å²) >= 11 is 0. The summed E-state index contributed by atoms with van der Waals surface area (Å²) in [5.74, 6) is 1.51. The van der Waals surface area contributed by atoms with E-state index in [4.69, 9.17) is 9.97 Å². The molecule has 0 atom stereocenters. The Labute approximate surface area is 237 Å². The third-order valence-electron chi connectivity index (χ3n) is 7.20. The van der Waals surface area contributed by atoms with E-state index >= 15 is 0 Å². The van der Waals surface area contributed by atoms with Gasteiger partial charge >= 0.3 is 0 Å². The van der Waals surface area contributed by atoms with Gasteiger partial charge in [0.1, 0.15) is 11.3 Å². The molecule has 0 unspecified atom stereocenters. The molecule has 2 aromatic carbocycles. The number of aliphatic hydroxyl groups is 1. The molecule has 0 spiro atoms. The summed E-state index contributed by atoms with van der Waals surface area (Å²) in [6, 6.07) is 23.7. The van der Waals surface area contributed by atoms with Crippen LogP contribution in [0.1, 0.15) is 36.8 Å². The van der Waals surface area contributed by atoms with Crippen LogP contribution >= 0.6 is 0 Å². The van der Waals surface area contributed by atoms with Crippen LogP contribution in [0.25, 0.3) is 44.9 Å². The van der Waals surface area contributed by atoms with Crippen LogP contribution in [-0.4, -0.2) is 46.9 Å². The van der Waals surface area contributed by atoms with Crippen molar-refractivity contribution in [1.29, 1.82) is 0 Å². The Morgan fingerprint density at radius 3 is 2.46 bits per heavy atom. The molecule has 0 amide bonds. The van der Waals surface area contributed by atoms with Crippen molar-refractivity contribution in [2.75, 3.05) is 6.61 Å². The molecule has 4 aromatic heterocycles. The Morgan fingerprint density at radius 2 is 1.73 bits per heavy atom. The van der Waals surface area contributed by atoms with Crippen molar-refractivity contribution in [3.63, 3.8) is 0 Å². The van der Waals surface area contributed by atoms with Crippen LogP contribution < -0.4 is 4.73 Å². The smallest absolute Gasteiger partial charge is 0.225 e. The van der Waals surface area contributed by atoms with Gasteiger partial charge in [0.05, 0.1) is 17.8 Å². The van der Waals surface area contributed by atoms with E-state index in [1.165, 1.54) is 6.20 Å². The average molecular weight is 547 g/mol. The quantitative estimate of drug-likeness (QED) is 0.191. The number of unbranched alkanes of at least 4 members (excludes halogenated alkanes) is 1. The molecule has 0 aliphatic rings. The first kappa shape index (κ1) is 26.3. The molecule has 10 heteroatoms. The molecule has 0 aliphatic heterocycles. The number of rotatable bonds is 10. The van der Waals surface area contributed by atoms with Crippen LogP contribution in [0.2, 0.25) is 0 Å². The van der Waals surface area contributed by atoms with Gasteiger partial charge in [-0.15, -0.1) is 10.2 Å². The average Bonchev–Trinajstić information content (AvgIpc) is 3.65. The normalized spacial score (nSPS) is 11.4. The fourth-order valence-electron chi connectivity index (χ4n) is 5.16. The number of aromatic amines is 1. The first-order chi connectivity index (χ1) is 20.2. The Kier molecular flexibility index (Phi) is 7.46. The summed E-state index contributed by atoms with van der Waals surface area (Å²) in [7, 11) is 0. The predicted molar refractivity (Wildman–Crippen MR) is 155 cm³/mol. The van der Waals surface area contributed by atoms with E-state index < -0.39 is 0 Å². The van der Waals surface area contributed by atoms with E-state index in [9.17, 15) is 10.3 Å². The van der Waals surface area contributed by atoms with Crippen LogP contribution in [0.15, 0.2) is 79.0 Å². The monoisotopic (exact) mass is 546 g/mol. The number of hydrogen-bond donors (Lipinski definition) is 2. The van der Waals surface area contributed by atoms with Crippen LogP contribution in [0.5, 0.6) is 0 Å². The molecule has 0 saturated carbocycles. The molecule has 0 aliphatic carbocycles. The molecule has 206 valence electrons. The Bertz CT molecular complexity index is 1780. The summed E-state index contributed by atoms with van der Waals surface area (Å²) in [5, 5.41) is 36.9. The van der Waals surface area contributed by atoms with Crippen LogP contribution in [0.3, 0.4) is 0 Å². The Morgan fingerprint density at radius 1 is 0.927 bits per heavy atom. The number of hydrogen-bond acceptors (Lipinski definition) is 7. The molecular formula is C31H30N8O2. The molecule has 41 heavy (non-hydrogen) atoms. The number of H-pyrrole nitrogens is 1.